The van der Waals surface area contributed by atoms with Gasteiger partial charge in [0.15, 0.2) is 0 Å². The summed E-state index contributed by atoms with van der Waals surface area (Å²) >= 11 is 1.81. The fourth-order valence-corrected chi connectivity index (χ4v) is 6.50. The zero-order chi connectivity index (χ0) is 13.7. The van der Waals surface area contributed by atoms with Gasteiger partial charge in [0, 0.05) is 5.41 Å². The second kappa shape index (κ2) is 4.88. The molecule has 3 heteroatoms. The van der Waals surface area contributed by atoms with Gasteiger partial charge in [0.2, 0.25) is 0 Å². The summed E-state index contributed by atoms with van der Waals surface area (Å²) in [5, 5.41) is 0. The molecule has 4 aliphatic rings. The average molecular weight is 376 g/mol. The summed E-state index contributed by atoms with van der Waals surface area (Å²) in [7, 11) is 0. The van der Waals surface area contributed by atoms with Crippen LogP contribution in [0.5, 0.6) is 0 Å². The fraction of sp³-hybridized carbons (Fsp3) is 0.938. The Balaban J connectivity index is 1.95. The van der Waals surface area contributed by atoms with Gasteiger partial charge < -0.3 is 4.74 Å². The van der Waals surface area contributed by atoms with Crippen LogP contribution in [0, 0.1) is 23.2 Å². The third-order valence-corrected chi connectivity index (χ3v) is 6.64. The van der Waals surface area contributed by atoms with Crippen molar-refractivity contribution in [3.8, 4) is 0 Å². The second-order valence-corrected chi connectivity index (χ2v) is 8.12. The molecule has 2 nitrogen and oxygen atoms in total. The Morgan fingerprint density at radius 1 is 1.11 bits per heavy atom. The molecule has 0 saturated heterocycles. The molecule has 0 aromatic carbocycles. The van der Waals surface area contributed by atoms with Gasteiger partial charge in [0.1, 0.15) is 5.60 Å². The first-order valence-electron chi connectivity index (χ1n) is 7.91. The van der Waals surface area contributed by atoms with Crippen molar-refractivity contribution in [3.05, 3.63) is 0 Å². The van der Waals surface area contributed by atoms with E-state index in [9.17, 15) is 4.79 Å². The zero-order valence-electron chi connectivity index (χ0n) is 12.1. The third kappa shape index (κ3) is 2.14. The maximum atomic E-state index is 11.6. The minimum absolute atomic E-state index is 0.114. The Morgan fingerprint density at radius 2 is 1.53 bits per heavy atom. The summed E-state index contributed by atoms with van der Waals surface area (Å²) in [4.78, 5) is 11.6. The van der Waals surface area contributed by atoms with Gasteiger partial charge in [-0.25, -0.2) is 4.79 Å². The predicted octanol–water partition coefficient (Wildman–Crippen LogP) is 5.33. The molecule has 0 aromatic rings. The molecule has 4 aliphatic carbocycles. The Labute approximate surface area is 130 Å². The Hall–Kier alpha value is 0.200. The number of halogens is 1. The van der Waals surface area contributed by atoms with Crippen LogP contribution in [0.4, 0.5) is 4.79 Å². The zero-order valence-corrected chi connectivity index (χ0v) is 14.2. The smallest absolute Gasteiger partial charge is 0.367 e. The highest BCUT2D eigenvalue weighted by molar-refractivity contribution is 14.1. The van der Waals surface area contributed by atoms with Crippen LogP contribution in [-0.2, 0) is 4.74 Å². The van der Waals surface area contributed by atoms with Gasteiger partial charge >= 0.3 is 3.98 Å². The van der Waals surface area contributed by atoms with Crippen molar-refractivity contribution in [2.24, 2.45) is 23.2 Å². The molecule has 0 aliphatic heterocycles. The summed E-state index contributed by atoms with van der Waals surface area (Å²) in [6.45, 7) is 4.42. The minimum atomic E-state index is -0.193. The van der Waals surface area contributed by atoms with Crippen molar-refractivity contribution >= 4 is 26.6 Å². The van der Waals surface area contributed by atoms with E-state index in [1.54, 1.807) is 0 Å². The number of ether oxygens (including phenoxy) is 1. The average Bonchev–Trinajstić information content (AvgIpc) is 2.33. The molecule has 0 radical (unpaired) electrons. The normalized spacial score (nSPS) is 40.5. The van der Waals surface area contributed by atoms with Crippen molar-refractivity contribution in [1.82, 2.24) is 0 Å². The monoisotopic (exact) mass is 376 g/mol. The summed E-state index contributed by atoms with van der Waals surface area (Å²) < 4.78 is 5.86. The maximum Gasteiger partial charge on any atom is 0.367 e. The maximum absolute atomic E-state index is 11.6. The number of rotatable bonds is 4. The van der Waals surface area contributed by atoms with E-state index in [1.807, 2.05) is 22.6 Å². The molecule has 19 heavy (non-hydrogen) atoms. The van der Waals surface area contributed by atoms with Crippen LogP contribution < -0.4 is 0 Å². The molecule has 0 amide bonds. The molecule has 0 heterocycles. The van der Waals surface area contributed by atoms with E-state index in [0.29, 0.717) is 5.41 Å². The lowest BCUT2D eigenvalue weighted by Crippen LogP contribution is -2.59. The van der Waals surface area contributed by atoms with Crippen molar-refractivity contribution in [3.63, 3.8) is 0 Å². The van der Waals surface area contributed by atoms with Gasteiger partial charge in [-0.3, -0.25) is 0 Å². The Kier molecular flexibility index (Phi) is 3.64. The van der Waals surface area contributed by atoms with Gasteiger partial charge in [-0.05, 0) is 69.1 Å². The highest BCUT2D eigenvalue weighted by Crippen LogP contribution is 2.65. The van der Waals surface area contributed by atoms with E-state index in [-0.39, 0.29) is 9.58 Å². The molecule has 4 saturated carbocycles. The molecule has 4 rings (SSSR count). The van der Waals surface area contributed by atoms with Gasteiger partial charge in [-0.2, -0.15) is 0 Å². The van der Waals surface area contributed by atoms with Gasteiger partial charge in [-0.15, -0.1) is 0 Å². The molecular weight excluding hydrogens is 351 g/mol. The highest BCUT2D eigenvalue weighted by Gasteiger charge is 2.60. The summed E-state index contributed by atoms with van der Waals surface area (Å²) in [5.74, 6) is 2.74. The van der Waals surface area contributed by atoms with E-state index in [2.05, 4.69) is 13.8 Å². The van der Waals surface area contributed by atoms with E-state index >= 15 is 0 Å². The van der Waals surface area contributed by atoms with Crippen molar-refractivity contribution in [1.29, 1.82) is 0 Å². The lowest BCUT2D eigenvalue weighted by atomic mass is 9.44. The van der Waals surface area contributed by atoms with Crippen LogP contribution in [0.25, 0.3) is 0 Å². The molecule has 0 spiro atoms. The quantitative estimate of drug-likeness (QED) is 0.490. The van der Waals surface area contributed by atoms with Crippen molar-refractivity contribution in [2.45, 2.75) is 70.8 Å². The predicted molar refractivity (Wildman–Crippen MR) is 84.4 cm³/mol. The fourth-order valence-electron chi connectivity index (χ4n) is 6.07. The molecular formula is C16H25IO2. The van der Waals surface area contributed by atoms with Gasteiger partial charge in [0.25, 0.3) is 0 Å². The van der Waals surface area contributed by atoms with Crippen LogP contribution in [0.1, 0.15) is 65.2 Å². The lowest BCUT2D eigenvalue weighted by Gasteiger charge is -2.62. The summed E-state index contributed by atoms with van der Waals surface area (Å²) in [5.41, 5.74) is 0.105. The molecule has 108 valence electrons. The SMILES string of the molecule is CCC(CC)(OC(=O)I)C12CC3CC(CC(C3)C1)C2. The Bertz CT molecular complexity index is 338. The first kappa shape index (κ1) is 14.2. The van der Waals surface area contributed by atoms with E-state index < -0.39 is 0 Å². The number of carbonyl (C=O) groups is 1. The number of hydrogen-bond acceptors (Lipinski definition) is 2. The topological polar surface area (TPSA) is 26.3 Å². The van der Waals surface area contributed by atoms with E-state index in [4.69, 9.17) is 4.74 Å². The Morgan fingerprint density at radius 3 is 1.84 bits per heavy atom. The van der Waals surface area contributed by atoms with E-state index in [0.717, 1.165) is 30.6 Å². The molecule has 0 unspecified atom stereocenters. The van der Waals surface area contributed by atoms with Crippen molar-refractivity contribution < 1.29 is 9.53 Å². The first-order chi connectivity index (χ1) is 9.02. The summed E-state index contributed by atoms with van der Waals surface area (Å²) in [6, 6.07) is 0. The summed E-state index contributed by atoms with van der Waals surface area (Å²) in [6.07, 6.45) is 10.2. The second-order valence-electron chi connectivity index (χ2n) is 7.24. The highest BCUT2D eigenvalue weighted by atomic mass is 127. The van der Waals surface area contributed by atoms with Crippen LogP contribution in [-0.4, -0.2) is 9.58 Å². The minimum Gasteiger partial charge on any atom is -0.451 e. The van der Waals surface area contributed by atoms with Crippen LogP contribution in [0.15, 0.2) is 0 Å². The molecule has 4 bridgehead atoms. The lowest BCUT2D eigenvalue weighted by molar-refractivity contribution is -0.177. The standard InChI is InChI=1S/C16H25IO2/c1-3-16(4-2,19-14(17)18)15-8-11-5-12(9-15)7-13(6-11)10-15/h11-13H,3-10H2,1-2H3. The number of hydrogen-bond donors (Lipinski definition) is 0. The van der Waals surface area contributed by atoms with Crippen molar-refractivity contribution in [2.75, 3.05) is 0 Å². The van der Waals surface area contributed by atoms with Crippen LogP contribution >= 0.6 is 22.6 Å². The molecule has 0 N–H and O–H groups in total. The van der Waals surface area contributed by atoms with Crippen LogP contribution in [0.2, 0.25) is 0 Å². The van der Waals surface area contributed by atoms with E-state index in [1.165, 1.54) is 38.5 Å². The number of carbonyl (C=O) groups excluding carboxylic acids is 1. The molecule has 0 aromatic heterocycles. The molecule has 0 atom stereocenters. The van der Waals surface area contributed by atoms with Gasteiger partial charge in [-0.1, -0.05) is 13.8 Å². The van der Waals surface area contributed by atoms with Gasteiger partial charge in [0.05, 0.1) is 22.6 Å². The largest absolute Gasteiger partial charge is 0.451 e. The molecule has 4 fully saturated rings. The first-order valence-corrected chi connectivity index (χ1v) is 8.99. The van der Waals surface area contributed by atoms with Crippen LogP contribution in [0.3, 0.4) is 0 Å². The third-order valence-electron chi connectivity index (χ3n) is 6.42.